The predicted molar refractivity (Wildman–Crippen MR) is 97.6 cm³/mol. The fourth-order valence-electron chi connectivity index (χ4n) is 2.40. The van der Waals surface area contributed by atoms with Crippen molar-refractivity contribution in [1.29, 1.82) is 0 Å². The molecule has 24 heavy (non-hydrogen) atoms. The van der Waals surface area contributed by atoms with Gasteiger partial charge in [-0.25, -0.2) is 0 Å². The van der Waals surface area contributed by atoms with Crippen LogP contribution in [0.1, 0.15) is 6.92 Å². The van der Waals surface area contributed by atoms with Crippen LogP contribution in [0, 0.1) is 0 Å². The largest absolute Gasteiger partial charge is 0.669 e. The maximum Gasteiger partial charge on any atom is 0.669 e. The minimum atomic E-state index is -3.15. The summed E-state index contributed by atoms with van der Waals surface area (Å²) in [6.45, 7) is 2.45. The molecule has 0 spiro atoms. The standard InChI is InChI=1S/C20H20O3Si/c1-2-21-24(20-16-10-5-11-17-20,22-18-12-6-3-7-13-18)23-19-14-8-4-9-15-19/h3-17H,2H2,1H3. The second-order valence-electron chi connectivity index (χ2n) is 5.19. The lowest BCUT2D eigenvalue weighted by molar-refractivity contribution is 0.190. The molecule has 0 saturated heterocycles. The van der Waals surface area contributed by atoms with E-state index in [0.29, 0.717) is 6.61 Å². The first-order valence-electron chi connectivity index (χ1n) is 8.00. The Balaban J connectivity index is 2.02. The van der Waals surface area contributed by atoms with Crippen molar-refractivity contribution in [3.8, 4) is 11.5 Å². The summed E-state index contributed by atoms with van der Waals surface area (Å²) in [4.78, 5) is 0. The van der Waals surface area contributed by atoms with Gasteiger partial charge in [-0.2, -0.15) is 0 Å². The third-order valence-electron chi connectivity index (χ3n) is 3.45. The summed E-state index contributed by atoms with van der Waals surface area (Å²) < 4.78 is 18.8. The van der Waals surface area contributed by atoms with Gasteiger partial charge in [-0.1, -0.05) is 66.7 Å². The molecule has 4 heteroatoms. The molecule has 0 aliphatic rings. The lowest BCUT2D eigenvalue weighted by atomic mass is 10.3. The van der Waals surface area contributed by atoms with E-state index in [0.717, 1.165) is 16.7 Å². The molecule has 0 unspecified atom stereocenters. The van der Waals surface area contributed by atoms with Crippen molar-refractivity contribution in [2.75, 3.05) is 6.61 Å². The Hall–Kier alpha value is -2.56. The molecular formula is C20H20O3Si. The average Bonchev–Trinajstić information content (AvgIpc) is 2.64. The van der Waals surface area contributed by atoms with Gasteiger partial charge < -0.3 is 13.3 Å². The predicted octanol–water partition coefficient (Wildman–Crippen LogP) is 4.03. The molecule has 122 valence electrons. The molecule has 0 aliphatic heterocycles. The molecule has 3 nitrogen and oxygen atoms in total. The van der Waals surface area contributed by atoms with Crippen LogP contribution in [0.2, 0.25) is 0 Å². The summed E-state index contributed by atoms with van der Waals surface area (Å²) >= 11 is 0. The van der Waals surface area contributed by atoms with E-state index in [-0.39, 0.29) is 0 Å². The van der Waals surface area contributed by atoms with Crippen LogP contribution in [-0.2, 0) is 4.43 Å². The summed E-state index contributed by atoms with van der Waals surface area (Å²) in [5.41, 5.74) is 0. The van der Waals surface area contributed by atoms with Gasteiger partial charge in [-0.15, -0.1) is 0 Å². The lowest BCUT2D eigenvalue weighted by Crippen LogP contribution is -2.62. The topological polar surface area (TPSA) is 27.7 Å². The molecule has 0 amide bonds. The van der Waals surface area contributed by atoms with Gasteiger partial charge in [0.1, 0.15) is 11.5 Å². The Morgan fingerprint density at radius 3 is 1.46 bits per heavy atom. The SMILES string of the molecule is CCO[Si](Oc1ccccc1)(Oc1ccccc1)c1ccccc1. The van der Waals surface area contributed by atoms with Gasteiger partial charge in [0.15, 0.2) is 0 Å². The van der Waals surface area contributed by atoms with Crippen LogP contribution >= 0.6 is 0 Å². The Bertz CT molecular complexity index is 691. The van der Waals surface area contributed by atoms with Crippen LogP contribution in [0.3, 0.4) is 0 Å². The third-order valence-corrected chi connectivity index (χ3v) is 6.17. The van der Waals surface area contributed by atoms with E-state index in [2.05, 4.69) is 0 Å². The molecule has 3 aromatic carbocycles. The zero-order chi connectivity index (χ0) is 16.7. The first kappa shape index (κ1) is 16.3. The van der Waals surface area contributed by atoms with E-state index in [4.69, 9.17) is 13.3 Å². The van der Waals surface area contributed by atoms with Crippen LogP contribution in [0.5, 0.6) is 11.5 Å². The second-order valence-corrected chi connectivity index (χ2v) is 7.57. The van der Waals surface area contributed by atoms with E-state index in [1.165, 1.54) is 0 Å². The van der Waals surface area contributed by atoms with Gasteiger partial charge in [0.25, 0.3) is 0 Å². The molecule has 0 fully saturated rings. The maximum absolute atomic E-state index is 6.33. The number of hydrogen-bond donors (Lipinski definition) is 0. The molecular weight excluding hydrogens is 316 g/mol. The van der Waals surface area contributed by atoms with E-state index in [9.17, 15) is 0 Å². The zero-order valence-electron chi connectivity index (χ0n) is 13.6. The van der Waals surface area contributed by atoms with Crippen molar-refractivity contribution in [3.05, 3.63) is 91.0 Å². The fourth-order valence-corrected chi connectivity index (χ4v) is 4.84. The average molecular weight is 336 g/mol. The molecule has 3 aromatic rings. The fraction of sp³-hybridized carbons (Fsp3) is 0.100. The number of benzene rings is 3. The molecule has 3 rings (SSSR count). The highest BCUT2D eigenvalue weighted by molar-refractivity contribution is 6.76. The minimum absolute atomic E-state index is 0.501. The zero-order valence-corrected chi connectivity index (χ0v) is 14.6. The monoisotopic (exact) mass is 336 g/mol. The van der Waals surface area contributed by atoms with Gasteiger partial charge >= 0.3 is 8.80 Å². The highest BCUT2D eigenvalue weighted by Crippen LogP contribution is 2.21. The maximum atomic E-state index is 6.33. The molecule has 0 aromatic heterocycles. The smallest absolute Gasteiger partial charge is 0.489 e. The van der Waals surface area contributed by atoms with Crippen molar-refractivity contribution in [2.24, 2.45) is 0 Å². The molecule has 0 saturated carbocycles. The number of hydrogen-bond acceptors (Lipinski definition) is 3. The number of para-hydroxylation sites is 2. The number of rotatable bonds is 7. The normalized spacial score (nSPS) is 11.0. The van der Waals surface area contributed by atoms with Gasteiger partial charge in [-0.05, 0) is 31.2 Å². The lowest BCUT2D eigenvalue weighted by Gasteiger charge is -2.30. The Labute approximate surface area is 143 Å². The van der Waals surface area contributed by atoms with Crippen LogP contribution in [0.15, 0.2) is 91.0 Å². The van der Waals surface area contributed by atoms with Crippen molar-refractivity contribution in [3.63, 3.8) is 0 Å². The van der Waals surface area contributed by atoms with Gasteiger partial charge in [-0.3, -0.25) is 0 Å². The summed E-state index contributed by atoms with van der Waals surface area (Å²) in [7, 11) is -3.15. The molecule has 0 heterocycles. The van der Waals surface area contributed by atoms with Crippen molar-refractivity contribution < 1.29 is 13.3 Å². The van der Waals surface area contributed by atoms with Crippen LogP contribution in [0.25, 0.3) is 0 Å². The quantitative estimate of drug-likeness (QED) is 0.610. The Morgan fingerprint density at radius 2 is 1.04 bits per heavy atom. The van der Waals surface area contributed by atoms with E-state index < -0.39 is 8.80 Å². The molecule has 0 bridgehead atoms. The minimum Gasteiger partial charge on any atom is -0.489 e. The van der Waals surface area contributed by atoms with E-state index >= 15 is 0 Å². The summed E-state index contributed by atoms with van der Waals surface area (Å²) in [5, 5.41) is 0.930. The van der Waals surface area contributed by atoms with Crippen LogP contribution in [-0.4, -0.2) is 15.4 Å². The van der Waals surface area contributed by atoms with E-state index in [1.54, 1.807) is 0 Å². The highest BCUT2D eigenvalue weighted by Gasteiger charge is 2.49. The van der Waals surface area contributed by atoms with Crippen molar-refractivity contribution in [2.45, 2.75) is 6.92 Å². The highest BCUT2D eigenvalue weighted by atomic mass is 28.4. The summed E-state index contributed by atoms with van der Waals surface area (Å²) in [6, 6.07) is 29.2. The van der Waals surface area contributed by atoms with Crippen molar-refractivity contribution in [1.82, 2.24) is 0 Å². The first-order chi connectivity index (χ1) is 11.8. The molecule has 0 N–H and O–H groups in total. The van der Waals surface area contributed by atoms with Gasteiger partial charge in [0.2, 0.25) is 0 Å². The Morgan fingerprint density at radius 1 is 0.625 bits per heavy atom. The third kappa shape index (κ3) is 3.85. The van der Waals surface area contributed by atoms with Gasteiger partial charge in [0.05, 0.1) is 0 Å². The molecule has 0 atom stereocenters. The van der Waals surface area contributed by atoms with Crippen LogP contribution in [0.4, 0.5) is 0 Å². The Kier molecular flexibility index (Phi) is 5.31. The molecule has 0 radical (unpaired) electrons. The summed E-state index contributed by atoms with van der Waals surface area (Å²) in [5.74, 6) is 1.47. The van der Waals surface area contributed by atoms with Crippen LogP contribution < -0.4 is 14.0 Å². The molecule has 0 aliphatic carbocycles. The van der Waals surface area contributed by atoms with E-state index in [1.807, 2.05) is 97.9 Å². The van der Waals surface area contributed by atoms with Gasteiger partial charge in [0, 0.05) is 11.8 Å². The first-order valence-corrected chi connectivity index (χ1v) is 9.72. The summed E-state index contributed by atoms with van der Waals surface area (Å²) in [6.07, 6.45) is 0. The van der Waals surface area contributed by atoms with Crippen molar-refractivity contribution >= 4 is 14.0 Å². The second kappa shape index (κ2) is 7.81.